The van der Waals surface area contributed by atoms with Crippen LogP contribution >= 0.6 is 7.82 Å². The topological polar surface area (TPSA) is 134 Å². The minimum atomic E-state index is -4.41. The molecular formula is C47H78NO8P. The highest BCUT2D eigenvalue weighted by atomic mass is 31.2. The van der Waals surface area contributed by atoms with Crippen LogP contribution in [0.1, 0.15) is 155 Å². The Morgan fingerprint density at radius 1 is 0.526 bits per heavy atom. The molecule has 0 aromatic carbocycles. The Balaban J connectivity index is 4.34. The lowest BCUT2D eigenvalue weighted by Gasteiger charge is -2.19. The van der Waals surface area contributed by atoms with Gasteiger partial charge >= 0.3 is 19.8 Å². The van der Waals surface area contributed by atoms with Crippen LogP contribution in [0.15, 0.2) is 97.2 Å². The Morgan fingerprint density at radius 3 is 1.37 bits per heavy atom. The van der Waals surface area contributed by atoms with E-state index in [1.165, 1.54) is 44.9 Å². The number of hydrogen-bond acceptors (Lipinski definition) is 8. The molecule has 10 heteroatoms. The molecule has 57 heavy (non-hydrogen) atoms. The first-order valence-corrected chi connectivity index (χ1v) is 23.2. The summed E-state index contributed by atoms with van der Waals surface area (Å²) in [6, 6.07) is 0. The summed E-state index contributed by atoms with van der Waals surface area (Å²) < 4.78 is 32.7. The third-order valence-corrected chi connectivity index (χ3v) is 9.43. The zero-order valence-electron chi connectivity index (χ0n) is 35.5. The molecule has 0 aliphatic carbocycles. The summed E-state index contributed by atoms with van der Waals surface area (Å²) in [7, 11) is -4.41. The summed E-state index contributed by atoms with van der Waals surface area (Å²) in [6.07, 6.45) is 54.4. The van der Waals surface area contributed by atoms with Crippen molar-refractivity contribution in [3.05, 3.63) is 97.2 Å². The summed E-state index contributed by atoms with van der Waals surface area (Å²) in [6.45, 7) is 3.55. The molecule has 324 valence electrons. The number of allylic oxidation sites excluding steroid dienone is 16. The average Bonchev–Trinajstić information content (AvgIpc) is 3.20. The first kappa shape index (κ1) is 53.9. The number of unbranched alkanes of at least 4 members (excludes halogenated alkanes) is 10. The van der Waals surface area contributed by atoms with Crippen LogP contribution in [0.5, 0.6) is 0 Å². The Labute approximate surface area is 346 Å². The van der Waals surface area contributed by atoms with Gasteiger partial charge in [-0.1, -0.05) is 143 Å². The number of esters is 2. The van der Waals surface area contributed by atoms with E-state index in [1.54, 1.807) is 0 Å². The molecule has 0 spiro atoms. The third kappa shape index (κ3) is 42.4. The molecule has 9 nitrogen and oxygen atoms in total. The number of carbonyl (C=O) groups is 2. The van der Waals surface area contributed by atoms with Crippen LogP contribution in [0.3, 0.4) is 0 Å². The smallest absolute Gasteiger partial charge is 0.462 e. The molecule has 2 atom stereocenters. The molecule has 0 aromatic heterocycles. The lowest BCUT2D eigenvalue weighted by Crippen LogP contribution is -2.29. The van der Waals surface area contributed by atoms with Crippen molar-refractivity contribution in [2.75, 3.05) is 26.4 Å². The van der Waals surface area contributed by atoms with Crippen molar-refractivity contribution >= 4 is 19.8 Å². The quantitative estimate of drug-likeness (QED) is 0.0269. The standard InChI is InChI=1S/C47H78NO8P/c1-3-5-7-9-11-13-15-17-19-21-22-24-25-27-29-31-33-35-37-39-46(49)53-43-45(44-55-57(51,52)54-42-41-48)56-47(50)40-38-36-34-32-30-28-26-23-20-18-16-14-12-10-8-6-4-2/h11-14,17-20,22,24,26-29,32,34,45H,3-10,15-16,21,23,25,30-31,33,35-44,48H2,1-2H3,(H,51,52). The SMILES string of the molecule is CCCCCC=CCC=CCC=CCC=CCCCCCC(=O)OCC(COP(=O)(O)OCCN)OC(=O)CCCC=CCC=CCC=CCC=CCCCCC. The largest absolute Gasteiger partial charge is 0.472 e. The van der Waals surface area contributed by atoms with Crippen molar-refractivity contribution in [3.63, 3.8) is 0 Å². The van der Waals surface area contributed by atoms with E-state index >= 15 is 0 Å². The van der Waals surface area contributed by atoms with Gasteiger partial charge in [-0.15, -0.1) is 0 Å². The van der Waals surface area contributed by atoms with Gasteiger partial charge in [0, 0.05) is 19.4 Å². The van der Waals surface area contributed by atoms with Gasteiger partial charge in [-0.3, -0.25) is 18.6 Å². The number of nitrogens with two attached hydrogens (primary N) is 1. The van der Waals surface area contributed by atoms with E-state index in [0.717, 1.165) is 64.2 Å². The van der Waals surface area contributed by atoms with Crippen LogP contribution in [0.25, 0.3) is 0 Å². The highest BCUT2D eigenvalue weighted by Crippen LogP contribution is 2.43. The number of carbonyl (C=O) groups excluding carboxylic acids is 2. The fourth-order valence-corrected chi connectivity index (χ4v) is 5.96. The zero-order valence-corrected chi connectivity index (χ0v) is 36.4. The summed E-state index contributed by atoms with van der Waals surface area (Å²) in [5, 5.41) is 0. The van der Waals surface area contributed by atoms with E-state index in [4.69, 9.17) is 24.3 Å². The Hall–Kier alpha value is -3.07. The molecule has 0 fully saturated rings. The highest BCUT2D eigenvalue weighted by Gasteiger charge is 2.25. The number of phosphoric ester groups is 1. The number of phosphoric acid groups is 1. The predicted molar refractivity (Wildman–Crippen MR) is 238 cm³/mol. The Kier molecular flexibility index (Phi) is 40.2. The Morgan fingerprint density at radius 2 is 0.930 bits per heavy atom. The van der Waals surface area contributed by atoms with Gasteiger partial charge in [0.25, 0.3) is 0 Å². The first-order chi connectivity index (χ1) is 27.8. The van der Waals surface area contributed by atoms with Crippen molar-refractivity contribution < 1.29 is 37.6 Å². The van der Waals surface area contributed by atoms with Crippen LogP contribution in [-0.2, 0) is 32.7 Å². The van der Waals surface area contributed by atoms with Gasteiger partial charge in [0.05, 0.1) is 13.2 Å². The van der Waals surface area contributed by atoms with Gasteiger partial charge in [-0.2, -0.15) is 0 Å². The van der Waals surface area contributed by atoms with Gasteiger partial charge in [0.2, 0.25) is 0 Å². The monoisotopic (exact) mass is 816 g/mol. The number of hydrogen-bond donors (Lipinski definition) is 2. The maximum atomic E-state index is 12.6. The highest BCUT2D eigenvalue weighted by molar-refractivity contribution is 7.47. The second kappa shape index (κ2) is 42.5. The molecule has 0 saturated carbocycles. The summed E-state index contributed by atoms with van der Waals surface area (Å²) >= 11 is 0. The molecule has 0 amide bonds. The number of ether oxygens (including phenoxy) is 2. The Bertz CT molecular complexity index is 1250. The number of rotatable bonds is 39. The van der Waals surface area contributed by atoms with Crippen LogP contribution in [0.4, 0.5) is 0 Å². The minimum Gasteiger partial charge on any atom is -0.462 e. The minimum absolute atomic E-state index is 0.0347. The molecule has 0 aromatic rings. The van der Waals surface area contributed by atoms with Crippen LogP contribution in [0.2, 0.25) is 0 Å². The van der Waals surface area contributed by atoms with Gasteiger partial charge in [-0.25, -0.2) is 4.57 Å². The van der Waals surface area contributed by atoms with Crippen molar-refractivity contribution in [2.24, 2.45) is 5.73 Å². The molecule has 0 radical (unpaired) electrons. The van der Waals surface area contributed by atoms with Crippen molar-refractivity contribution in [2.45, 2.75) is 161 Å². The molecule has 0 heterocycles. The lowest BCUT2D eigenvalue weighted by molar-refractivity contribution is -0.161. The predicted octanol–water partition coefficient (Wildman–Crippen LogP) is 12.6. The van der Waals surface area contributed by atoms with Crippen molar-refractivity contribution in [1.82, 2.24) is 0 Å². The fourth-order valence-electron chi connectivity index (χ4n) is 5.20. The van der Waals surface area contributed by atoms with Gasteiger partial charge in [-0.05, 0) is 96.3 Å². The molecule has 2 unspecified atom stereocenters. The zero-order chi connectivity index (χ0) is 41.8. The van der Waals surface area contributed by atoms with Crippen LogP contribution in [0, 0.1) is 0 Å². The maximum absolute atomic E-state index is 12.6. The lowest BCUT2D eigenvalue weighted by atomic mass is 10.1. The second-order valence-electron chi connectivity index (χ2n) is 13.8. The molecular weight excluding hydrogens is 737 g/mol. The first-order valence-electron chi connectivity index (χ1n) is 21.7. The van der Waals surface area contributed by atoms with Crippen LogP contribution in [-0.4, -0.2) is 49.3 Å². The van der Waals surface area contributed by atoms with Crippen molar-refractivity contribution in [1.29, 1.82) is 0 Å². The van der Waals surface area contributed by atoms with E-state index in [0.29, 0.717) is 19.3 Å². The molecule has 3 N–H and O–H groups in total. The third-order valence-electron chi connectivity index (χ3n) is 8.44. The second-order valence-corrected chi connectivity index (χ2v) is 15.3. The molecule has 0 rings (SSSR count). The van der Waals surface area contributed by atoms with Gasteiger partial charge < -0.3 is 20.1 Å². The van der Waals surface area contributed by atoms with E-state index in [1.807, 2.05) is 6.08 Å². The van der Waals surface area contributed by atoms with Gasteiger partial charge in [0.1, 0.15) is 6.61 Å². The molecule has 0 saturated heterocycles. The summed E-state index contributed by atoms with van der Waals surface area (Å²) in [5.41, 5.74) is 5.34. The van der Waals surface area contributed by atoms with E-state index in [2.05, 4.69) is 105 Å². The molecule has 0 bridgehead atoms. The molecule has 0 aliphatic heterocycles. The normalized spacial score (nSPS) is 14.2. The average molecular weight is 816 g/mol. The van der Waals surface area contributed by atoms with E-state index < -0.39 is 32.5 Å². The van der Waals surface area contributed by atoms with E-state index in [9.17, 15) is 19.0 Å². The summed E-state index contributed by atoms with van der Waals surface area (Å²) in [5.74, 6) is -0.941. The van der Waals surface area contributed by atoms with E-state index in [-0.39, 0.29) is 32.6 Å². The van der Waals surface area contributed by atoms with Crippen LogP contribution < -0.4 is 5.73 Å². The summed E-state index contributed by atoms with van der Waals surface area (Å²) in [4.78, 5) is 34.8. The molecule has 0 aliphatic rings. The van der Waals surface area contributed by atoms with Gasteiger partial charge in [0.15, 0.2) is 6.10 Å². The van der Waals surface area contributed by atoms with Crippen molar-refractivity contribution in [3.8, 4) is 0 Å². The fraction of sp³-hybridized carbons (Fsp3) is 0.617. The maximum Gasteiger partial charge on any atom is 0.472 e.